The third kappa shape index (κ3) is 1.70. The minimum absolute atomic E-state index is 0.666. The van der Waals surface area contributed by atoms with Gasteiger partial charge >= 0.3 is 0 Å². The van der Waals surface area contributed by atoms with Crippen molar-refractivity contribution in [2.24, 2.45) is 0 Å². The van der Waals surface area contributed by atoms with Crippen LogP contribution in [0.3, 0.4) is 0 Å². The summed E-state index contributed by atoms with van der Waals surface area (Å²) in [6.07, 6.45) is 2.56. The van der Waals surface area contributed by atoms with E-state index in [0.29, 0.717) is 6.04 Å². The van der Waals surface area contributed by atoms with E-state index in [9.17, 15) is 0 Å². The molecule has 12 heavy (non-hydrogen) atoms. The predicted octanol–water partition coefficient (Wildman–Crippen LogP) is 1.34. The van der Waals surface area contributed by atoms with Gasteiger partial charge in [-0.3, -0.25) is 0 Å². The summed E-state index contributed by atoms with van der Waals surface area (Å²) in [5, 5.41) is 4.56. The minimum Gasteiger partial charge on any atom is -0.397 e. The van der Waals surface area contributed by atoms with E-state index in [0.717, 1.165) is 11.4 Å². The number of nitrogens with one attached hydrogen (secondary N) is 1. The smallest absolute Gasteiger partial charge is 0.0582 e. The van der Waals surface area contributed by atoms with Gasteiger partial charge in [0.25, 0.3) is 0 Å². The number of benzene rings is 1. The zero-order valence-corrected chi connectivity index (χ0v) is 8.03. The maximum absolute atomic E-state index is 5.79. The van der Waals surface area contributed by atoms with Crippen molar-refractivity contribution in [3.8, 4) is 0 Å². The van der Waals surface area contributed by atoms with Crippen LogP contribution in [0.5, 0.6) is 0 Å². The van der Waals surface area contributed by atoms with Crippen molar-refractivity contribution in [2.45, 2.75) is 18.9 Å². The molecule has 1 aliphatic rings. The summed E-state index contributed by atoms with van der Waals surface area (Å²) >= 11 is 0. The summed E-state index contributed by atoms with van der Waals surface area (Å²) in [4.78, 5) is 0. The second-order valence-corrected chi connectivity index (χ2v) is 3.93. The fourth-order valence-corrected chi connectivity index (χ4v) is 1.41. The summed E-state index contributed by atoms with van der Waals surface area (Å²) in [6, 6.07) is 6.67. The quantitative estimate of drug-likeness (QED) is 0.532. The van der Waals surface area contributed by atoms with Crippen molar-refractivity contribution in [1.29, 1.82) is 0 Å². The summed E-state index contributed by atoms with van der Waals surface area (Å²) in [7, 11) is 2.67. The van der Waals surface area contributed by atoms with Gasteiger partial charge in [0.2, 0.25) is 0 Å². The Morgan fingerprint density at radius 2 is 2.17 bits per heavy atom. The molecule has 1 aliphatic carbocycles. The van der Waals surface area contributed by atoms with E-state index >= 15 is 0 Å². The topological polar surface area (TPSA) is 38.0 Å². The second-order valence-electron chi connectivity index (χ2n) is 3.27. The lowest BCUT2D eigenvalue weighted by Gasteiger charge is -2.08. The van der Waals surface area contributed by atoms with Gasteiger partial charge in [0.1, 0.15) is 0 Å². The second kappa shape index (κ2) is 2.95. The summed E-state index contributed by atoms with van der Waals surface area (Å²) < 4.78 is 0. The largest absolute Gasteiger partial charge is 0.397 e. The molecule has 1 fully saturated rings. The highest BCUT2D eigenvalue weighted by Crippen LogP contribution is 2.27. The zero-order valence-electron chi connectivity index (χ0n) is 6.88. The summed E-state index contributed by atoms with van der Waals surface area (Å²) in [6.45, 7) is 0. The minimum atomic E-state index is 0.666. The Labute approximate surface area is 74.7 Å². The van der Waals surface area contributed by atoms with Crippen LogP contribution in [0.1, 0.15) is 12.8 Å². The predicted molar refractivity (Wildman–Crippen MR) is 56.8 cm³/mol. The molecule has 3 N–H and O–H groups in total. The zero-order chi connectivity index (χ0) is 8.55. The first-order valence-electron chi connectivity index (χ1n) is 4.17. The van der Waals surface area contributed by atoms with Crippen LogP contribution >= 0.6 is 9.24 Å². The molecule has 1 atom stereocenters. The molecule has 0 radical (unpaired) electrons. The Hall–Kier alpha value is -0.750. The number of hydrogen-bond acceptors (Lipinski definition) is 2. The third-order valence-corrected chi connectivity index (χ3v) is 2.37. The van der Waals surface area contributed by atoms with E-state index in [2.05, 4.69) is 20.6 Å². The van der Waals surface area contributed by atoms with E-state index in [-0.39, 0.29) is 0 Å². The molecule has 0 bridgehead atoms. The van der Waals surface area contributed by atoms with E-state index in [1.165, 1.54) is 18.1 Å². The molecule has 0 amide bonds. The lowest BCUT2D eigenvalue weighted by atomic mass is 10.2. The Morgan fingerprint density at radius 1 is 1.42 bits per heavy atom. The Bertz CT molecular complexity index is 295. The lowest BCUT2D eigenvalue weighted by molar-refractivity contribution is 1.16. The van der Waals surface area contributed by atoms with Crippen LogP contribution in [0.2, 0.25) is 0 Å². The highest BCUT2D eigenvalue weighted by atomic mass is 31.0. The fraction of sp³-hybridized carbons (Fsp3) is 0.333. The molecule has 0 saturated heterocycles. The van der Waals surface area contributed by atoms with E-state index < -0.39 is 0 Å². The number of hydrogen-bond donors (Lipinski definition) is 2. The molecule has 0 aromatic heterocycles. The molecule has 1 unspecified atom stereocenters. The van der Waals surface area contributed by atoms with E-state index in [1.54, 1.807) is 0 Å². The molecule has 2 rings (SSSR count). The maximum atomic E-state index is 5.79. The Kier molecular flexibility index (Phi) is 1.93. The van der Waals surface area contributed by atoms with E-state index in [1.807, 2.05) is 12.1 Å². The standard InChI is InChI=1S/C9H13N2P/c10-8-4-3-7(12)5-9(8)11-6-1-2-6/h3-6,11H,1-2,10,12H2. The van der Waals surface area contributed by atoms with Gasteiger partial charge < -0.3 is 11.1 Å². The summed E-state index contributed by atoms with van der Waals surface area (Å²) in [5.74, 6) is 0. The molecule has 1 aromatic carbocycles. The first-order valence-corrected chi connectivity index (χ1v) is 4.75. The SMILES string of the molecule is Nc1ccc(P)cc1NC1CC1. The van der Waals surface area contributed by atoms with Gasteiger partial charge in [-0.15, -0.1) is 9.24 Å². The highest BCUT2D eigenvalue weighted by Gasteiger charge is 2.21. The van der Waals surface area contributed by atoms with Crippen molar-refractivity contribution in [3.05, 3.63) is 18.2 Å². The van der Waals surface area contributed by atoms with Crippen LogP contribution in [0.4, 0.5) is 11.4 Å². The van der Waals surface area contributed by atoms with Crippen molar-refractivity contribution < 1.29 is 0 Å². The molecule has 0 heterocycles. The van der Waals surface area contributed by atoms with Gasteiger partial charge in [-0.25, -0.2) is 0 Å². The number of nitrogen functional groups attached to an aromatic ring is 1. The first kappa shape index (κ1) is 7.88. The molecule has 64 valence electrons. The number of anilines is 2. The molecule has 1 saturated carbocycles. The van der Waals surface area contributed by atoms with Crippen molar-refractivity contribution in [1.82, 2.24) is 0 Å². The molecule has 2 nitrogen and oxygen atoms in total. The Morgan fingerprint density at radius 3 is 2.83 bits per heavy atom. The van der Waals surface area contributed by atoms with Gasteiger partial charge in [0.05, 0.1) is 11.4 Å². The molecule has 3 heteroatoms. The fourth-order valence-electron chi connectivity index (χ4n) is 1.15. The van der Waals surface area contributed by atoms with Crippen LogP contribution in [0.25, 0.3) is 0 Å². The monoisotopic (exact) mass is 180 g/mol. The summed E-state index contributed by atoms with van der Waals surface area (Å²) in [5.41, 5.74) is 7.71. The maximum Gasteiger partial charge on any atom is 0.0582 e. The van der Waals surface area contributed by atoms with Gasteiger partial charge in [-0.2, -0.15) is 0 Å². The number of rotatable bonds is 2. The lowest BCUT2D eigenvalue weighted by Crippen LogP contribution is -2.06. The third-order valence-electron chi connectivity index (χ3n) is 2.01. The average Bonchev–Trinajstić information content (AvgIpc) is 2.81. The molecule has 0 aliphatic heterocycles. The van der Waals surface area contributed by atoms with Crippen molar-refractivity contribution >= 4 is 25.9 Å². The molecular weight excluding hydrogens is 167 g/mol. The average molecular weight is 180 g/mol. The van der Waals surface area contributed by atoms with Gasteiger partial charge in [0.15, 0.2) is 0 Å². The number of nitrogens with two attached hydrogens (primary N) is 1. The van der Waals surface area contributed by atoms with Gasteiger partial charge in [0, 0.05) is 6.04 Å². The molecular formula is C9H13N2P. The van der Waals surface area contributed by atoms with E-state index in [4.69, 9.17) is 5.73 Å². The highest BCUT2D eigenvalue weighted by molar-refractivity contribution is 7.27. The molecule has 0 spiro atoms. The Balaban J connectivity index is 2.21. The van der Waals surface area contributed by atoms with Crippen LogP contribution in [-0.2, 0) is 0 Å². The van der Waals surface area contributed by atoms with Crippen LogP contribution in [-0.4, -0.2) is 6.04 Å². The normalized spacial score (nSPS) is 16.1. The van der Waals surface area contributed by atoms with Crippen LogP contribution < -0.4 is 16.4 Å². The van der Waals surface area contributed by atoms with Crippen LogP contribution in [0.15, 0.2) is 18.2 Å². The van der Waals surface area contributed by atoms with Gasteiger partial charge in [-0.1, -0.05) is 6.07 Å². The molecule has 1 aromatic rings. The van der Waals surface area contributed by atoms with Crippen LogP contribution in [0, 0.1) is 0 Å². The van der Waals surface area contributed by atoms with Crippen molar-refractivity contribution in [3.63, 3.8) is 0 Å². The van der Waals surface area contributed by atoms with Gasteiger partial charge in [-0.05, 0) is 30.3 Å². The first-order chi connectivity index (χ1) is 5.75. The van der Waals surface area contributed by atoms with Crippen molar-refractivity contribution in [2.75, 3.05) is 11.1 Å².